The van der Waals surface area contributed by atoms with Gasteiger partial charge in [-0.15, -0.1) is 0 Å². The van der Waals surface area contributed by atoms with E-state index < -0.39 is 29.3 Å². The van der Waals surface area contributed by atoms with Gasteiger partial charge in [0.15, 0.2) is 0 Å². The number of aromatic nitrogens is 1. The maximum Gasteiger partial charge on any atom is 0.419 e. The molecule has 2 aliphatic rings. The van der Waals surface area contributed by atoms with Gasteiger partial charge < -0.3 is 4.57 Å². The molecule has 6 aromatic rings. The quantitative estimate of drug-likeness (QED) is 0.127. The van der Waals surface area contributed by atoms with Crippen LogP contribution < -0.4 is 0 Å². The van der Waals surface area contributed by atoms with Crippen molar-refractivity contribution in [2.45, 2.75) is 18.8 Å². The minimum absolute atomic E-state index is 0.0168. The molecule has 0 fully saturated rings. The third-order valence-electron chi connectivity index (χ3n) is 8.29. The minimum atomic E-state index is -4.75. The van der Waals surface area contributed by atoms with Gasteiger partial charge in [0.25, 0.3) is 0 Å². The molecule has 2 aliphatic carbocycles. The number of rotatable bonds is 1. The molecule has 0 N–H and O–H groups in total. The topological polar surface area (TPSA) is 52.5 Å². The number of para-hydroxylation sites is 2. The highest BCUT2D eigenvalue weighted by atomic mass is 19.4. The Kier molecular flexibility index (Phi) is 9.30. The van der Waals surface area contributed by atoms with Crippen LogP contribution in [0.25, 0.3) is 33.1 Å². The van der Waals surface area contributed by atoms with Gasteiger partial charge in [-0.2, -0.15) is 36.9 Å². The lowest BCUT2D eigenvalue weighted by atomic mass is 10.0. The van der Waals surface area contributed by atoms with E-state index in [-0.39, 0.29) is 16.8 Å². The normalized spacial score (nSPS) is 12.9. The summed E-state index contributed by atoms with van der Waals surface area (Å²) in [6.45, 7) is 0. The maximum atomic E-state index is 13.6. The van der Waals surface area contributed by atoms with Gasteiger partial charge in [0.1, 0.15) is 18.0 Å². The van der Waals surface area contributed by atoms with Crippen molar-refractivity contribution in [2.24, 2.45) is 0 Å². The molecule has 0 spiro atoms. The second-order valence-corrected chi connectivity index (χ2v) is 11.4. The molecular weight excluding hydrogens is 667 g/mol. The summed E-state index contributed by atoms with van der Waals surface area (Å²) in [6, 6.07) is 32.4. The summed E-state index contributed by atoms with van der Waals surface area (Å²) in [6.07, 6.45) is 1.12. The summed E-state index contributed by atoms with van der Waals surface area (Å²) in [5, 5.41) is 19.0. The first-order valence-electron chi connectivity index (χ1n) is 15.3. The fraction of sp³-hybridized carbons (Fsp3) is 0.0732. The molecule has 51 heavy (non-hydrogen) atoms. The lowest BCUT2D eigenvalue weighted by molar-refractivity contribution is -0.140. The third kappa shape index (κ3) is 7.00. The fourth-order valence-electron chi connectivity index (χ4n) is 6.04. The average Bonchev–Trinajstić information content (AvgIpc) is 3.67. The van der Waals surface area contributed by atoms with E-state index >= 15 is 0 Å². The van der Waals surface area contributed by atoms with Crippen molar-refractivity contribution in [3.8, 4) is 17.8 Å². The van der Waals surface area contributed by atoms with E-state index in [4.69, 9.17) is 10.5 Å². The van der Waals surface area contributed by atoms with E-state index in [0.717, 1.165) is 29.3 Å². The Morgan fingerprint density at radius 3 is 1.80 bits per heavy atom. The van der Waals surface area contributed by atoms with E-state index in [0.29, 0.717) is 23.2 Å². The molecule has 1 heterocycles. The minimum Gasteiger partial charge on any atom is -0.309 e. The Morgan fingerprint density at radius 1 is 0.647 bits per heavy atom. The first-order valence-corrected chi connectivity index (χ1v) is 15.3. The molecule has 0 bridgehead atoms. The van der Waals surface area contributed by atoms with E-state index in [1.54, 1.807) is 34.9 Å². The summed E-state index contributed by atoms with van der Waals surface area (Å²) in [5.74, 6) is -1.37. The van der Waals surface area contributed by atoms with Crippen LogP contribution in [0.4, 0.5) is 30.7 Å². The molecule has 0 atom stereocenters. The molecule has 0 amide bonds. The molecule has 5 aromatic carbocycles. The molecule has 1 aromatic heterocycles. The molecule has 250 valence electrons. The van der Waals surface area contributed by atoms with Crippen LogP contribution in [0.1, 0.15) is 33.4 Å². The fourth-order valence-corrected chi connectivity index (χ4v) is 6.04. The zero-order valence-corrected chi connectivity index (χ0v) is 26.3. The lowest BCUT2D eigenvalue weighted by Crippen LogP contribution is -2.11. The maximum absolute atomic E-state index is 13.6. The zero-order valence-electron chi connectivity index (χ0n) is 26.3. The number of nitrogens with zero attached hydrogens (tertiary/aromatic N) is 3. The average molecular weight is 691 g/mol. The van der Waals surface area contributed by atoms with Crippen molar-refractivity contribution in [2.75, 3.05) is 0 Å². The summed E-state index contributed by atoms with van der Waals surface area (Å²) in [7, 11) is 0. The summed E-state index contributed by atoms with van der Waals surface area (Å²) in [4.78, 5) is 0. The standard InChI is InChI=1S/C20H11F3N2.C13H9.C8H3F4N/c21-20(22,23)16-11-13(12-24)9-10-19(16)25-17-7-3-1-5-14(17)15-6-2-4-8-18(15)25;1-3-7-12-10(5-1)9-11-6-2-4-8-13(11)12;9-7-2-1-5(4-13)3-6(7)8(10,11)12/h1-11H;1,3-8H,9H2;1-3H/q;+1;. The van der Waals surface area contributed by atoms with Crippen molar-refractivity contribution >= 4 is 27.4 Å². The van der Waals surface area contributed by atoms with Gasteiger partial charge in [0, 0.05) is 28.8 Å². The molecule has 8 rings (SSSR count). The van der Waals surface area contributed by atoms with Gasteiger partial charge in [-0.25, -0.2) is 4.39 Å². The van der Waals surface area contributed by atoms with Crippen LogP contribution in [-0.2, 0) is 18.8 Å². The number of allylic oxidation sites excluding steroid dienone is 6. The Hall–Kier alpha value is -6.48. The monoisotopic (exact) mass is 690 g/mol. The van der Waals surface area contributed by atoms with Gasteiger partial charge in [0.2, 0.25) is 0 Å². The SMILES string of the molecule is N#Cc1ccc(-n2c3ccccc3c3ccccc32)c(C(F)(F)F)c1.N#Cc1ccc(F)c(C(F)(F)F)c1.[C+]1=CC2=C(C=C1)c1ccccc1C2. The van der Waals surface area contributed by atoms with Crippen molar-refractivity contribution in [1.82, 2.24) is 4.57 Å². The summed E-state index contributed by atoms with van der Waals surface area (Å²) in [5.41, 5.74) is 4.57. The first kappa shape index (κ1) is 34.4. The van der Waals surface area contributed by atoms with Crippen molar-refractivity contribution < 1.29 is 30.7 Å². The number of hydrogen-bond donors (Lipinski definition) is 0. The van der Waals surface area contributed by atoms with Gasteiger partial charge in [0.05, 0.1) is 68.3 Å². The van der Waals surface area contributed by atoms with Crippen LogP contribution in [0.15, 0.2) is 133 Å². The molecule has 0 aliphatic heterocycles. The van der Waals surface area contributed by atoms with Gasteiger partial charge >= 0.3 is 12.4 Å². The lowest BCUT2D eigenvalue weighted by Gasteiger charge is -2.16. The smallest absolute Gasteiger partial charge is 0.309 e. The van der Waals surface area contributed by atoms with Crippen LogP contribution in [-0.4, -0.2) is 4.57 Å². The molecule has 10 heteroatoms. The van der Waals surface area contributed by atoms with Crippen LogP contribution >= 0.6 is 0 Å². The van der Waals surface area contributed by atoms with E-state index in [1.807, 2.05) is 30.3 Å². The summed E-state index contributed by atoms with van der Waals surface area (Å²) < 4.78 is 91.1. The zero-order chi connectivity index (χ0) is 36.3. The summed E-state index contributed by atoms with van der Waals surface area (Å²) >= 11 is 0. The Bertz CT molecular complexity index is 2410. The molecule has 0 unspecified atom stereocenters. The Labute approximate surface area is 287 Å². The van der Waals surface area contributed by atoms with Crippen LogP contribution in [0.5, 0.6) is 0 Å². The van der Waals surface area contributed by atoms with Crippen LogP contribution in [0.2, 0.25) is 0 Å². The van der Waals surface area contributed by atoms with Crippen LogP contribution in [0.3, 0.4) is 0 Å². The van der Waals surface area contributed by atoms with E-state index in [2.05, 4.69) is 42.5 Å². The van der Waals surface area contributed by atoms with E-state index in [9.17, 15) is 30.7 Å². The van der Waals surface area contributed by atoms with Gasteiger partial charge in [-0.05, 0) is 54.1 Å². The van der Waals surface area contributed by atoms with Crippen LogP contribution in [0, 0.1) is 34.6 Å². The molecular formula is C41H23F7N3+. The second kappa shape index (κ2) is 13.8. The number of alkyl halides is 6. The molecule has 0 saturated heterocycles. The van der Waals surface area contributed by atoms with Gasteiger partial charge in [-0.1, -0.05) is 60.7 Å². The molecule has 0 saturated carbocycles. The number of nitriles is 2. The second-order valence-electron chi connectivity index (χ2n) is 11.4. The van der Waals surface area contributed by atoms with Gasteiger partial charge in [-0.3, -0.25) is 0 Å². The highest BCUT2D eigenvalue weighted by molar-refractivity contribution is 6.09. The Balaban J connectivity index is 0.000000145. The first-order chi connectivity index (χ1) is 24.4. The van der Waals surface area contributed by atoms with Crippen molar-refractivity contribution in [3.05, 3.63) is 178 Å². The highest BCUT2D eigenvalue weighted by Gasteiger charge is 2.35. The third-order valence-corrected chi connectivity index (χ3v) is 8.29. The van der Waals surface area contributed by atoms with Crippen molar-refractivity contribution in [3.63, 3.8) is 0 Å². The number of benzene rings is 5. The number of fused-ring (bicyclic) bond motifs is 5. The largest absolute Gasteiger partial charge is 0.419 e. The molecule has 0 radical (unpaired) electrons. The predicted molar refractivity (Wildman–Crippen MR) is 181 cm³/mol. The van der Waals surface area contributed by atoms with E-state index in [1.165, 1.54) is 40.5 Å². The highest BCUT2D eigenvalue weighted by Crippen LogP contribution is 2.39. The van der Waals surface area contributed by atoms with Crippen molar-refractivity contribution in [1.29, 1.82) is 10.5 Å². The number of halogens is 7. The number of hydrogen-bond acceptors (Lipinski definition) is 2. The Morgan fingerprint density at radius 2 is 1.20 bits per heavy atom. The molecule has 3 nitrogen and oxygen atoms in total. The predicted octanol–water partition coefficient (Wildman–Crippen LogP) is 11.3.